The SMILES string of the molecule is NC1(CC(CF)C2CC2)CC1. The van der Waals surface area contributed by atoms with Gasteiger partial charge in [-0.25, -0.2) is 0 Å². The van der Waals surface area contributed by atoms with Crippen molar-refractivity contribution in [1.82, 2.24) is 0 Å². The van der Waals surface area contributed by atoms with Crippen molar-refractivity contribution in [3.63, 3.8) is 0 Å². The van der Waals surface area contributed by atoms with Gasteiger partial charge < -0.3 is 5.73 Å². The third kappa shape index (κ3) is 1.73. The molecule has 2 aliphatic carbocycles. The number of nitrogens with two attached hydrogens (primary N) is 1. The highest BCUT2D eigenvalue weighted by atomic mass is 19.1. The molecule has 0 aromatic rings. The van der Waals surface area contributed by atoms with Crippen LogP contribution in [0.3, 0.4) is 0 Å². The van der Waals surface area contributed by atoms with Gasteiger partial charge in [0.05, 0.1) is 6.67 Å². The highest BCUT2D eigenvalue weighted by Crippen LogP contribution is 2.46. The predicted octanol–water partition coefficient (Wildman–Crippen LogP) is 1.86. The lowest BCUT2D eigenvalue weighted by Crippen LogP contribution is -2.27. The Hall–Kier alpha value is -0.110. The van der Waals surface area contributed by atoms with E-state index in [2.05, 4.69) is 0 Å². The molecule has 0 aromatic heterocycles. The van der Waals surface area contributed by atoms with E-state index in [9.17, 15) is 4.39 Å². The Morgan fingerprint density at radius 2 is 2.09 bits per heavy atom. The smallest absolute Gasteiger partial charge is 0.0925 e. The minimum atomic E-state index is -0.149. The first-order valence-corrected chi connectivity index (χ1v) is 4.58. The van der Waals surface area contributed by atoms with E-state index in [-0.39, 0.29) is 12.2 Å². The number of halogens is 1. The standard InChI is InChI=1S/C9H16FN/c10-6-8(7-1-2-7)5-9(11)3-4-9/h7-8H,1-6,11H2. The van der Waals surface area contributed by atoms with E-state index in [1.165, 1.54) is 12.8 Å². The lowest BCUT2D eigenvalue weighted by molar-refractivity contribution is 0.288. The number of hydrogen-bond acceptors (Lipinski definition) is 1. The van der Waals surface area contributed by atoms with Crippen LogP contribution in [0.25, 0.3) is 0 Å². The molecule has 2 saturated carbocycles. The first-order chi connectivity index (χ1) is 5.23. The number of hydrogen-bond donors (Lipinski definition) is 1. The van der Waals surface area contributed by atoms with E-state index < -0.39 is 0 Å². The summed E-state index contributed by atoms with van der Waals surface area (Å²) in [4.78, 5) is 0. The van der Waals surface area contributed by atoms with Crippen LogP contribution in [0.4, 0.5) is 4.39 Å². The molecule has 2 aliphatic rings. The zero-order valence-corrected chi connectivity index (χ0v) is 6.85. The molecule has 11 heavy (non-hydrogen) atoms. The maximum Gasteiger partial charge on any atom is 0.0925 e. The van der Waals surface area contributed by atoms with E-state index in [1.54, 1.807) is 0 Å². The molecule has 1 nitrogen and oxygen atoms in total. The van der Waals surface area contributed by atoms with Gasteiger partial charge in [-0.3, -0.25) is 4.39 Å². The van der Waals surface area contributed by atoms with Crippen LogP contribution in [0, 0.1) is 11.8 Å². The summed E-state index contributed by atoms with van der Waals surface area (Å²) in [5, 5.41) is 0. The molecule has 0 radical (unpaired) electrons. The molecule has 0 aromatic carbocycles. The van der Waals surface area contributed by atoms with Crippen LogP contribution in [0.5, 0.6) is 0 Å². The molecule has 0 heterocycles. The summed E-state index contributed by atoms with van der Waals surface area (Å²) in [7, 11) is 0. The highest BCUT2D eigenvalue weighted by molar-refractivity contribution is 5.01. The first-order valence-electron chi connectivity index (χ1n) is 4.58. The minimum absolute atomic E-state index is 0.0549. The molecule has 2 heteroatoms. The fourth-order valence-corrected chi connectivity index (χ4v) is 1.80. The van der Waals surface area contributed by atoms with Gasteiger partial charge in [0.25, 0.3) is 0 Å². The van der Waals surface area contributed by atoms with Crippen LogP contribution in [0.1, 0.15) is 32.1 Å². The minimum Gasteiger partial charge on any atom is -0.325 e. The maximum atomic E-state index is 12.5. The van der Waals surface area contributed by atoms with Gasteiger partial charge in [-0.2, -0.15) is 0 Å². The third-order valence-corrected chi connectivity index (χ3v) is 3.05. The molecule has 2 fully saturated rings. The third-order valence-electron chi connectivity index (χ3n) is 3.05. The molecule has 2 N–H and O–H groups in total. The quantitative estimate of drug-likeness (QED) is 0.662. The second-order valence-corrected chi connectivity index (χ2v) is 4.32. The zero-order chi connectivity index (χ0) is 7.90. The van der Waals surface area contributed by atoms with Gasteiger partial charge in [-0.05, 0) is 43.9 Å². The lowest BCUT2D eigenvalue weighted by atomic mass is 9.95. The van der Waals surface area contributed by atoms with Gasteiger partial charge in [0.2, 0.25) is 0 Å². The summed E-state index contributed by atoms with van der Waals surface area (Å²) in [5.41, 5.74) is 5.98. The highest BCUT2D eigenvalue weighted by Gasteiger charge is 2.43. The molecule has 0 amide bonds. The van der Waals surface area contributed by atoms with Gasteiger partial charge in [0.15, 0.2) is 0 Å². The van der Waals surface area contributed by atoms with Crippen molar-refractivity contribution < 1.29 is 4.39 Å². The lowest BCUT2D eigenvalue weighted by Gasteiger charge is -2.16. The second kappa shape index (κ2) is 2.44. The Morgan fingerprint density at radius 1 is 1.45 bits per heavy atom. The summed E-state index contributed by atoms with van der Waals surface area (Å²) >= 11 is 0. The second-order valence-electron chi connectivity index (χ2n) is 4.32. The van der Waals surface area contributed by atoms with Crippen molar-refractivity contribution >= 4 is 0 Å². The molecule has 0 aliphatic heterocycles. The topological polar surface area (TPSA) is 26.0 Å². The molecule has 0 spiro atoms. The molecule has 1 unspecified atom stereocenters. The van der Waals surface area contributed by atoms with Gasteiger partial charge in [0, 0.05) is 5.54 Å². The van der Waals surface area contributed by atoms with E-state index in [4.69, 9.17) is 5.73 Å². The summed E-state index contributed by atoms with van der Waals surface area (Å²) < 4.78 is 12.5. The molecule has 64 valence electrons. The van der Waals surface area contributed by atoms with Crippen LogP contribution >= 0.6 is 0 Å². The average molecular weight is 157 g/mol. The van der Waals surface area contributed by atoms with Crippen LogP contribution in [0.2, 0.25) is 0 Å². The predicted molar refractivity (Wildman–Crippen MR) is 43.0 cm³/mol. The van der Waals surface area contributed by atoms with Crippen LogP contribution in [-0.2, 0) is 0 Å². The Labute approximate surface area is 67.2 Å². The van der Waals surface area contributed by atoms with Gasteiger partial charge in [-0.1, -0.05) is 0 Å². The van der Waals surface area contributed by atoms with Gasteiger partial charge >= 0.3 is 0 Å². The van der Waals surface area contributed by atoms with Crippen molar-refractivity contribution in [3.8, 4) is 0 Å². The summed E-state index contributed by atoms with van der Waals surface area (Å²) in [6, 6.07) is 0. The van der Waals surface area contributed by atoms with Gasteiger partial charge in [0.1, 0.15) is 0 Å². The van der Waals surface area contributed by atoms with Crippen molar-refractivity contribution in [2.45, 2.75) is 37.6 Å². The fraction of sp³-hybridized carbons (Fsp3) is 1.00. The van der Waals surface area contributed by atoms with Crippen LogP contribution in [-0.4, -0.2) is 12.2 Å². The van der Waals surface area contributed by atoms with Crippen molar-refractivity contribution in [3.05, 3.63) is 0 Å². The van der Waals surface area contributed by atoms with Crippen molar-refractivity contribution in [1.29, 1.82) is 0 Å². The zero-order valence-electron chi connectivity index (χ0n) is 6.85. The normalized spacial score (nSPS) is 30.0. The molecular weight excluding hydrogens is 141 g/mol. The Bertz CT molecular complexity index is 150. The number of alkyl halides is 1. The molecule has 0 saturated heterocycles. The van der Waals surface area contributed by atoms with E-state index >= 15 is 0 Å². The van der Waals surface area contributed by atoms with Gasteiger partial charge in [-0.15, -0.1) is 0 Å². The summed E-state index contributed by atoms with van der Waals surface area (Å²) in [6.07, 6.45) is 5.66. The van der Waals surface area contributed by atoms with E-state index in [1.807, 2.05) is 0 Å². The Morgan fingerprint density at radius 3 is 2.45 bits per heavy atom. The number of rotatable bonds is 4. The molecule has 1 atom stereocenters. The average Bonchev–Trinajstić information content (AvgIpc) is 2.79. The Balaban J connectivity index is 1.81. The largest absolute Gasteiger partial charge is 0.325 e. The monoisotopic (exact) mass is 157 g/mol. The summed E-state index contributed by atoms with van der Waals surface area (Å²) in [5.74, 6) is 0.975. The van der Waals surface area contributed by atoms with Crippen molar-refractivity contribution in [2.75, 3.05) is 6.67 Å². The van der Waals surface area contributed by atoms with Crippen molar-refractivity contribution in [2.24, 2.45) is 17.6 Å². The molecular formula is C9H16FN. The van der Waals surface area contributed by atoms with Crippen LogP contribution in [0.15, 0.2) is 0 Å². The molecule has 2 rings (SSSR count). The summed E-state index contributed by atoms with van der Waals surface area (Å²) in [6.45, 7) is -0.149. The maximum absolute atomic E-state index is 12.5. The van der Waals surface area contributed by atoms with E-state index in [0.29, 0.717) is 11.8 Å². The first kappa shape index (κ1) is 7.53. The Kier molecular flexibility index (Phi) is 1.67. The fourth-order valence-electron chi connectivity index (χ4n) is 1.80. The molecule has 0 bridgehead atoms. The van der Waals surface area contributed by atoms with E-state index in [0.717, 1.165) is 19.3 Å². The van der Waals surface area contributed by atoms with Crippen LogP contribution < -0.4 is 5.73 Å².